The van der Waals surface area contributed by atoms with Gasteiger partial charge in [-0.05, 0) is 48.4 Å². The summed E-state index contributed by atoms with van der Waals surface area (Å²) < 4.78 is 5.96. The van der Waals surface area contributed by atoms with E-state index >= 15 is 0 Å². The number of imide groups is 1. The first-order valence-corrected chi connectivity index (χ1v) is 10.1. The van der Waals surface area contributed by atoms with Gasteiger partial charge < -0.3 is 9.73 Å². The number of urea groups is 1. The summed E-state index contributed by atoms with van der Waals surface area (Å²) in [5.74, 6) is -0.459. The first-order chi connectivity index (χ1) is 13.7. The van der Waals surface area contributed by atoms with Gasteiger partial charge in [0, 0.05) is 15.9 Å². The van der Waals surface area contributed by atoms with Crippen molar-refractivity contribution in [2.45, 2.75) is 19.0 Å². The highest BCUT2D eigenvalue weighted by molar-refractivity contribution is 9.10. The largest absolute Gasteiger partial charge is 0.423 e. The van der Waals surface area contributed by atoms with Crippen LogP contribution in [0, 0.1) is 0 Å². The number of nitrogens with one attached hydrogen (secondary N) is 1. The number of benzene rings is 2. The van der Waals surface area contributed by atoms with Crippen LogP contribution in [-0.2, 0) is 16.9 Å². The molecule has 0 aliphatic carbocycles. The molecular formula is C20H13BrCl2N2O4. The summed E-state index contributed by atoms with van der Waals surface area (Å²) >= 11 is 15.4. The Hall–Kier alpha value is -2.35. The molecule has 1 atom stereocenters. The lowest BCUT2D eigenvalue weighted by atomic mass is 9.92. The Morgan fingerprint density at radius 2 is 1.83 bits per heavy atom. The Balaban J connectivity index is 1.73. The van der Waals surface area contributed by atoms with Crippen LogP contribution in [0.5, 0.6) is 0 Å². The molecule has 6 nitrogen and oxygen atoms in total. The van der Waals surface area contributed by atoms with Crippen molar-refractivity contribution >= 4 is 62.0 Å². The van der Waals surface area contributed by atoms with Crippen LogP contribution in [0.1, 0.15) is 18.1 Å². The van der Waals surface area contributed by atoms with Gasteiger partial charge in [0.2, 0.25) is 0 Å². The molecule has 1 saturated heterocycles. The minimum atomic E-state index is -1.30. The maximum atomic E-state index is 13.2. The van der Waals surface area contributed by atoms with E-state index in [1.807, 2.05) is 0 Å². The van der Waals surface area contributed by atoms with Crippen molar-refractivity contribution in [3.05, 3.63) is 78.5 Å². The molecule has 3 amide bonds. The number of fused-ring (bicyclic) bond motifs is 1. The van der Waals surface area contributed by atoms with Gasteiger partial charge in [-0.1, -0.05) is 45.2 Å². The minimum absolute atomic E-state index is 0.0781. The molecule has 9 heteroatoms. The van der Waals surface area contributed by atoms with Crippen molar-refractivity contribution in [2.75, 3.05) is 0 Å². The highest BCUT2D eigenvalue weighted by Gasteiger charge is 2.49. The SMILES string of the molecule is C[C@]1(c2ccc(Cl)c(Cl)c2)NC(=O)N(Cc2cc(=O)oc3cc(Br)ccc23)C1=O. The summed E-state index contributed by atoms with van der Waals surface area (Å²) in [6.45, 7) is 1.52. The zero-order valence-corrected chi connectivity index (χ0v) is 18.1. The highest BCUT2D eigenvalue weighted by Crippen LogP contribution is 2.34. The maximum absolute atomic E-state index is 13.2. The number of amides is 3. The minimum Gasteiger partial charge on any atom is -0.423 e. The van der Waals surface area contributed by atoms with Crippen LogP contribution >= 0.6 is 39.1 Å². The van der Waals surface area contributed by atoms with Gasteiger partial charge in [0.1, 0.15) is 11.1 Å². The maximum Gasteiger partial charge on any atom is 0.336 e. The van der Waals surface area contributed by atoms with E-state index in [1.165, 1.54) is 6.07 Å². The lowest BCUT2D eigenvalue weighted by Crippen LogP contribution is -2.40. The molecule has 0 saturated carbocycles. The number of hydrogen-bond acceptors (Lipinski definition) is 4. The van der Waals surface area contributed by atoms with Crippen molar-refractivity contribution < 1.29 is 14.0 Å². The Labute approximate surface area is 183 Å². The van der Waals surface area contributed by atoms with Gasteiger partial charge in [-0.25, -0.2) is 9.59 Å². The summed E-state index contributed by atoms with van der Waals surface area (Å²) in [6.07, 6.45) is 0. The Kier molecular flexibility index (Phi) is 4.93. The van der Waals surface area contributed by atoms with E-state index in [2.05, 4.69) is 21.2 Å². The third kappa shape index (κ3) is 3.43. The van der Waals surface area contributed by atoms with Crippen LogP contribution in [0.15, 0.2) is 56.1 Å². The second-order valence-electron chi connectivity index (χ2n) is 6.81. The van der Waals surface area contributed by atoms with Crippen LogP contribution in [0.4, 0.5) is 4.79 Å². The number of hydrogen-bond donors (Lipinski definition) is 1. The van der Waals surface area contributed by atoms with Gasteiger partial charge in [-0.2, -0.15) is 0 Å². The number of halogens is 3. The molecule has 1 fully saturated rings. The van der Waals surface area contributed by atoms with E-state index in [4.69, 9.17) is 27.6 Å². The fourth-order valence-electron chi connectivity index (χ4n) is 3.35. The van der Waals surface area contributed by atoms with Crippen molar-refractivity contribution in [2.24, 2.45) is 0 Å². The molecule has 4 rings (SSSR count). The van der Waals surface area contributed by atoms with E-state index in [-0.39, 0.29) is 11.6 Å². The second-order valence-corrected chi connectivity index (χ2v) is 8.54. The zero-order chi connectivity index (χ0) is 20.9. The van der Waals surface area contributed by atoms with Gasteiger partial charge in [0.25, 0.3) is 5.91 Å². The molecule has 0 bridgehead atoms. The molecule has 29 heavy (non-hydrogen) atoms. The topological polar surface area (TPSA) is 79.6 Å². The molecule has 2 heterocycles. The zero-order valence-electron chi connectivity index (χ0n) is 15.0. The first-order valence-electron chi connectivity index (χ1n) is 8.51. The van der Waals surface area contributed by atoms with Crippen LogP contribution < -0.4 is 10.9 Å². The van der Waals surface area contributed by atoms with E-state index in [0.29, 0.717) is 27.1 Å². The fraction of sp³-hybridized carbons (Fsp3) is 0.150. The summed E-state index contributed by atoms with van der Waals surface area (Å²) in [7, 11) is 0. The first kappa shape index (κ1) is 19.9. The van der Waals surface area contributed by atoms with Crippen LogP contribution in [-0.4, -0.2) is 16.8 Å². The van der Waals surface area contributed by atoms with Crippen molar-refractivity contribution in [1.29, 1.82) is 0 Å². The number of carbonyl (C=O) groups excluding carboxylic acids is 2. The van der Waals surface area contributed by atoms with Crippen molar-refractivity contribution in [3.8, 4) is 0 Å². The van der Waals surface area contributed by atoms with Gasteiger partial charge in [0.15, 0.2) is 0 Å². The lowest BCUT2D eigenvalue weighted by Gasteiger charge is -2.22. The molecule has 0 spiro atoms. The van der Waals surface area contributed by atoms with Crippen LogP contribution in [0.25, 0.3) is 11.0 Å². The number of carbonyl (C=O) groups is 2. The standard InChI is InChI=1S/C20H13BrCl2N2O4/c1-20(11-2-5-14(22)15(23)7-11)18(27)25(19(28)24-20)9-10-6-17(26)29-16-8-12(21)3-4-13(10)16/h2-8H,9H2,1H3,(H,24,28)/t20-/m1/s1. The molecular weight excluding hydrogens is 483 g/mol. The molecule has 148 valence electrons. The summed E-state index contributed by atoms with van der Waals surface area (Å²) in [4.78, 5) is 38.8. The van der Waals surface area contributed by atoms with Gasteiger partial charge in [-0.15, -0.1) is 0 Å². The van der Waals surface area contributed by atoms with Gasteiger partial charge >= 0.3 is 11.7 Å². The summed E-state index contributed by atoms with van der Waals surface area (Å²) in [5.41, 5.74) is -0.491. The van der Waals surface area contributed by atoms with E-state index in [0.717, 1.165) is 9.37 Å². The van der Waals surface area contributed by atoms with E-state index < -0.39 is 23.1 Å². The highest BCUT2D eigenvalue weighted by atomic mass is 79.9. The van der Waals surface area contributed by atoms with E-state index in [9.17, 15) is 14.4 Å². The monoisotopic (exact) mass is 494 g/mol. The predicted molar refractivity (Wildman–Crippen MR) is 113 cm³/mol. The molecule has 2 aromatic carbocycles. The summed E-state index contributed by atoms with van der Waals surface area (Å²) in [6, 6.07) is 10.7. The molecule has 1 N–H and O–H groups in total. The molecule has 1 aliphatic rings. The summed E-state index contributed by atoms with van der Waals surface area (Å²) in [5, 5.41) is 3.98. The number of nitrogens with zero attached hydrogens (tertiary/aromatic N) is 1. The van der Waals surface area contributed by atoms with Crippen LogP contribution in [0.3, 0.4) is 0 Å². The third-order valence-electron chi connectivity index (χ3n) is 4.89. The molecule has 0 unspecified atom stereocenters. The molecule has 1 aliphatic heterocycles. The smallest absolute Gasteiger partial charge is 0.336 e. The fourth-order valence-corrected chi connectivity index (χ4v) is 3.99. The Morgan fingerprint density at radius 3 is 2.55 bits per heavy atom. The molecule has 0 radical (unpaired) electrons. The van der Waals surface area contributed by atoms with Crippen molar-refractivity contribution in [1.82, 2.24) is 10.2 Å². The van der Waals surface area contributed by atoms with E-state index in [1.54, 1.807) is 43.3 Å². The predicted octanol–water partition coefficient (Wildman–Crippen LogP) is 4.83. The third-order valence-corrected chi connectivity index (χ3v) is 6.12. The average molecular weight is 496 g/mol. The quantitative estimate of drug-likeness (QED) is 0.417. The van der Waals surface area contributed by atoms with Crippen LogP contribution in [0.2, 0.25) is 10.0 Å². The number of rotatable bonds is 3. The average Bonchev–Trinajstić information content (AvgIpc) is 2.87. The lowest BCUT2D eigenvalue weighted by molar-refractivity contribution is -0.131. The van der Waals surface area contributed by atoms with Gasteiger partial charge in [0.05, 0.1) is 16.6 Å². The normalized spacial score (nSPS) is 19.1. The molecule has 1 aromatic heterocycles. The second kappa shape index (κ2) is 7.16. The van der Waals surface area contributed by atoms with Gasteiger partial charge in [-0.3, -0.25) is 9.69 Å². The Bertz CT molecular complexity index is 1240. The Morgan fingerprint density at radius 1 is 1.07 bits per heavy atom. The van der Waals surface area contributed by atoms with Crippen molar-refractivity contribution in [3.63, 3.8) is 0 Å². The molecule has 3 aromatic rings.